The maximum Gasteiger partial charge on any atom is 0.233 e. The maximum absolute atomic E-state index is 5.64. The van der Waals surface area contributed by atoms with Gasteiger partial charge in [-0.2, -0.15) is 0 Å². The van der Waals surface area contributed by atoms with Crippen molar-refractivity contribution in [3.63, 3.8) is 0 Å². The zero-order valence-corrected chi connectivity index (χ0v) is 10.2. The van der Waals surface area contributed by atoms with Crippen molar-refractivity contribution in [2.45, 2.75) is 12.6 Å². The fourth-order valence-corrected chi connectivity index (χ4v) is 2.25. The van der Waals surface area contributed by atoms with Crippen molar-refractivity contribution in [3.05, 3.63) is 30.4 Å². The SMILES string of the molecule is NCC1CN(Cc2cn3cccnc3n2)CCO1. The molecular formula is C12H17N5O. The predicted molar refractivity (Wildman–Crippen MR) is 67.1 cm³/mol. The molecule has 0 spiro atoms. The summed E-state index contributed by atoms with van der Waals surface area (Å²) in [5, 5.41) is 0. The summed E-state index contributed by atoms with van der Waals surface area (Å²) in [4.78, 5) is 11.0. The Labute approximate surface area is 105 Å². The number of ether oxygens (including phenoxy) is 1. The molecule has 96 valence electrons. The topological polar surface area (TPSA) is 68.7 Å². The number of nitrogens with two attached hydrogens (primary N) is 1. The Hall–Kier alpha value is -1.50. The van der Waals surface area contributed by atoms with Gasteiger partial charge in [0.05, 0.1) is 18.4 Å². The first-order valence-electron chi connectivity index (χ1n) is 6.18. The Kier molecular flexibility index (Phi) is 3.22. The maximum atomic E-state index is 5.64. The molecule has 0 saturated carbocycles. The molecule has 1 aliphatic heterocycles. The second-order valence-electron chi connectivity index (χ2n) is 4.52. The van der Waals surface area contributed by atoms with Gasteiger partial charge in [0.25, 0.3) is 0 Å². The van der Waals surface area contributed by atoms with Crippen LogP contribution in [0.5, 0.6) is 0 Å². The van der Waals surface area contributed by atoms with Gasteiger partial charge < -0.3 is 10.5 Å². The smallest absolute Gasteiger partial charge is 0.233 e. The van der Waals surface area contributed by atoms with Gasteiger partial charge in [0.1, 0.15) is 0 Å². The van der Waals surface area contributed by atoms with Crippen LogP contribution in [0.25, 0.3) is 5.78 Å². The Bertz CT molecular complexity index is 493. The lowest BCUT2D eigenvalue weighted by atomic mass is 10.2. The quantitative estimate of drug-likeness (QED) is 0.819. The first-order valence-corrected chi connectivity index (χ1v) is 6.18. The summed E-state index contributed by atoms with van der Waals surface area (Å²) in [6.45, 7) is 3.94. The number of aromatic nitrogens is 3. The Morgan fingerprint density at radius 2 is 2.44 bits per heavy atom. The van der Waals surface area contributed by atoms with E-state index < -0.39 is 0 Å². The number of morpholine rings is 1. The molecule has 1 unspecified atom stereocenters. The van der Waals surface area contributed by atoms with E-state index in [-0.39, 0.29) is 6.10 Å². The number of hydrogen-bond acceptors (Lipinski definition) is 5. The average Bonchev–Trinajstić information content (AvgIpc) is 2.81. The van der Waals surface area contributed by atoms with Gasteiger partial charge in [-0.15, -0.1) is 0 Å². The number of imidazole rings is 1. The molecule has 1 aliphatic rings. The summed E-state index contributed by atoms with van der Waals surface area (Å²) in [5.74, 6) is 0.746. The van der Waals surface area contributed by atoms with Crippen LogP contribution in [0.15, 0.2) is 24.7 Å². The van der Waals surface area contributed by atoms with Gasteiger partial charge in [-0.1, -0.05) is 0 Å². The van der Waals surface area contributed by atoms with Crippen molar-refractivity contribution in [1.29, 1.82) is 0 Å². The molecule has 1 fully saturated rings. The van der Waals surface area contributed by atoms with Crippen molar-refractivity contribution < 1.29 is 4.74 Å². The normalized spacial score (nSPS) is 21.5. The van der Waals surface area contributed by atoms with E-state index in [0.717, 1.165) is 37.7 Å². The number of nitrogens with zero attached hydrogens (tertiary/aromatic N) is 4. The van der Waals surface area contributed by atoms with E-state index in [9.17, 15) is 0 Å². The molecule has 0 radical (unpaired) electrons. The molecule has 0 aliphatic carbocycles. The highest BCUT2D eigenvalue weighted by atomic mass is 16.5. The summed E-state index contributed by atoms with van der Waals surface area (Å²) in [7, 11) is 0. The lowest BCUT2D eigenvalue weighted by Gasteiger charge is -2.31. The van der Waals surface area contributed by atoms with E-state index in [4.69, 9.17) is 10.5 Å². The summed E-state index contributed by atoms with van der Waals surface area (Å²) in [6, 6.07) is 1.90. The van der Waals surface area contributed by atoms with Gasteiger partial charge in [0.2, 0.25) is 5.78 Å². The highest BCUT2D eigenvalue weighted by molar-refractivity contribution is 5.29. The molecule has 2 aromatic rings. The van der Waals surface area contributed by atoms with E-state index >= 15 is 0 Å². The largest absolute Gasteiger partial charge is 0.374 e. The van der Waals surface area contributed by atoms with E-state index in [1.165, 1.54) is 0 Å². The fraction of sp³-hybridized carbons (Fsp3) is 0.500. The summed E-state index contributed by atoms with van der Waals surface area (Å²) >= 11 is 0. The summed E-state index contributed by atoms with van der Waals surface area (Å²) in [5.41, 5.74) is 6.67. The first kappa shape index (κ1) is 11.6. The van der Waals surface area contributed by atoms with E-state index in [2.05, 4.69) is 14.9 Å². The molecule has 3 heterocycles. The second kappa shape index (κ2) is 5.01. The van der Waals surface area contributed by atoms with Gasteiger partial charge in [0.15, 0.2) is 0 Å². The molecule has 3 rings (SSSR count). The van der Waals surface area contributed by atoms with Crippen LogP contribution in [-0.2, 0) is 11.3 Å². The van der Waals surface area contributed by atoms with E-state index in [1.54, 1.807) is 6.20 Å². The third-order valence-corrected chi connectivity index (χ3v) is 3.16. The number of rotatable bonds is 3. The summed E-state index contributed by atoms with van der Waals surface area (Å²) < 4.78 is 7.49. The van der Waals surface area contributed by atoms with Crippen molar-refractivity contribution in [2.75, 3.05) is 26.2 Å². The van der Waals surface area contributed by atoms with Gasteiger partial charge in [0, 0.05) is 44.8 Å². The summed E-state index contributed by atoms with van der Waals surface area (Å²) in [6.07, 6.45) is 5.88. The average molecular weight is 247 g/mol. The van der Waals surface area contributed by atoms with Crippen LogP contribution in [0.2, 0.25) is 0 Å². The van der Waals surface area contributed by atoms with Crippen LogP contribution in [0.1, 0.15) is 5.69 Å². The van der Waals surface area contributed by atoms with Gasteiger partial charge in [-0.05, 0) is 6.07 Å². The van der Waals surface area contributed by atoms with Crippen LogP contribution in [0.4, 0.5) is 0 Å². The van der Waals surface area contributed by atoms with Crippen molar-refractivity contribution in [3.8, 4) is 0 Å². The van der Waals surface area contributed by atoms with Crippen LogP contribution >= 0.6 is 0 Å². The molecule has 2 N–H and O–H groups in total. The van der Waals surface area contributed by atoms with Crippen molar-refractivity contribution in [1.82, 2.24) is 19.3 Å². The highest BCUT2D eigenvalue weighted by Crippen LogP contribution is 2.10. The molecule has 0 amide bonds. The van der Waals surface area contributed by atoms with E-state index in [0.29, 0.717) is 6.54 Å². The predicted octanol–water partition coefficient (Wildman–Crippen LogP) is -0.111. The van der Waals surface area contributed by atoms with Crippen LogP contribution in [0.3, 0.4) is 0 Å². The van der Waals surface area contributed by atoms with E-state index in [1.807, 2.05) is 22.9 Å². The molecule has 2 aromatic heterocycles. The molecular weight excluding hydrogens is 230 g/mol. The molecule has 6 nitrogen and oxygen atoms in total. The first-order chi connectivity index (χ1) is 8.85. The second-order valence-corrected chi connectivity index (χ2v) is 4.52. The van der Waals surface area contributed by atoms with Crippen LogP contribution in [-0.4, -0.2) is 51.6 Å². The Morgan fingerprint density at radius 3 is 3.28 bits per heavy atom. The number of hydrogen-bond donors (Lipinski definition) is 1. The monoisotopic (exact) mass is 247 g/mol. The minimum Gasteiger partial charge on any atom is -0.374 e. The molecule has 1 saturated heterocycles. The standard InChI is InChI=1S/C12H17N5O/c13-6-11-9-16(4-5-18-11)7-10-8-17-3-1-2-14-12(17)15-10/h1-3,8,11H,4-7,9,13H2. The molecule has 1 atom stereocenters. The van der Waals surface area contributed by atoms with Gasteiger partial charge >= 0.3 is 0 Å². The Morgan fingerprint density at radius 1 is 1.50 bits per heavy atom. The van der Waals surface area contributed by atoms with Crippen LogP contribution < -0.4 is 5.73 Å². The molecule has 0 bridgehead atoms. The van der Waals surface area contributed by atoms with Gasteiger partial charge in [-0.3, -0.25) is 9.30 Å². The molecule has 18 heavy (non-hydrogen) atoms. The lowest BCUT2D eigenvalue weighted by molar-refractivity contribution is -0.0263. The minimum absolute atomic E-state index is 0.147. The highest BCUT2D eigenvalue weighted by Gasteiger charge is 2.19. The third-order valence-electron chi connectivity index (χ3n) is 3.16. The number of fused-ring (bicyclic) bond motifs is 1. The molecule has 6 heteroatoms. The molecule has 0 aromatic carbocycles. The van der Waals surface area contributed by atoms with Crippen molar-refractivity contribution in [2.24, 2.45) is 5.73 Å². The third kappa shape index (κ3) is 2.35. The van der Waals surface area contributed by atoms with Crippen molar-refractivity contribution >= 4 is 5.78 Å². The van der Waals surface area contributed by atoms with Gasteiger partial charge in [-0.25, -0.2) is 9.97 Å². The minimum atomic E-state index is 0.147. The lowest BCUT2D eigenvalue weighted by Crippen LogP contribution is -2.45. The Balaban J connectivity index is 1.71. The fourth-order valence-electron chi connectivity index (χ4n) is 2.25. The van der Waals surface area contributed by atoms with Crippen LogP contribution in [0, 0.1) is 0 Å². The zero-order chi connectivity index (χ0) is 12.4. The zero-order valence-electron chi connectivity index (χ0n) is 10.2.